The molecule has 0 aliphatic carbocycles. The van der Waals surface area contributed by atoms with Crippen LogP contribution in [0.4, 0.5) is 5.69 Å². The van der Waals surface area contributed by atoms with Crippen LogP contribution in [0.2, 0.25) is 0 Å². The molecule has 7 nitrogen and oxygen atoms in total. The molecule has 0 saturated carbocycles. The third-order valence-electron chi connectivity index (χ3n) is 1.72. The number of carbonyl (C=O) groups is 1. The Morgan fingerprint density at radius 2 is 2.31 bits per heavy atom. The molecular formula is C9H8N2O5. The average molecular weight is 224 g/mol. The summed E-state index contributed by atoms with van der Waals surface area (Å²) in [4.78, 5) is 33.6. The molecule has 7 heteroatoms. The van der Waals surface area contributed by atoms with Gasteiger partial charge in [-0.15, -0.1) is 0 Å². The Bertz CT molecular complexity index is 503. The molecule has 0 amide bonds. The van der Waals surface area contributed by atoms with Crippen LogP contribution in [0.3, 0.4) is 0 Å². The molecule has 0 aliphatic heterocycles. The number of nitrogens with zero attached hydrogens (tertiary/aromatic N) is 1. The van der Waals surface area contributed by atoms with E-state index in [0.717, 1.165) is 12.1 Å². The summed E-state index contributed by atoms with van der Waals surface area (Å²) >= 11 is 0. The van der Waals surface area contributed by atoms with E-state index in [1.54, 1.807) is 0 Å². The maximum absolute atomic E-state index is 11.0. The van der Waals surface area contributed by atoms with E-state index in [4.69, 9.17) is 0 Å². The Kier molecular flexibility index (Phi) is 3.54. The van der Waals surface area contributed by atoms with Gasteiger partial charge < -0.3 is 9.72 Å². The standard InChI is InChI=1S/C9H8N2O5/c1-16-8(12)3-2-6-4-7(11(14)15)9(13)10-5-6/h2-5H,1H3,(H,10,13). The quantitative estimate of drug-likeness (QED) is 0.348. The predicted octanol–water partition coefficient (Wildman–Crippen LogP) is 0.469. The number of hydrogen-bond donors (Lipinski definition) is 1. The highest BCUT2D eigenvalue weighted by Gasteiger charge is 2.11. The van der Waals surface area contributed by atoms with Crippen molar-refractivity contribution < 1.29 is 14.5 Å². The first-order valence-electron chi connectivity index (χ1n) is 4.17. The van der Waals surface area contributed by atoms with Gasteiger partial charge in [-0.25, -0.2) is 4.79 Å². The average Bonchev–Trinajstić information content (AvgIpc) is 2.27. The highest BCUT2D eigenvalue weighted by molar-refractivity contribution is 5.86. The van der Waals surface area contributed by atoms with Crippen LogP contribution in [0.15, 0.2) is 23.1 Å². The number of carbonyl (C=O) groups excluding carboxylic acids is 1. The zero-order valence-corrected chi connectivity index (χ0v) is 8.30. The second-order valence-electron chi connectivity index (χ2n) is 2.76. The van der Waals surface area contributed by atoms with E-state index in [2.05, 4.69) is 9.72 Å². The summed E-state index contributed by atoms with van der Waals surface area (Å²) in [6.07, 6.45) is 3.65. The number of aromatic nitrogens is 1. The number of methoxy groups -OCH3 is 1. The lowest BCUT2D eigenvalue weighted by Gasteiger charge is -1.94. The smallest absolute Gasteiger partial charge is 0.334 e. The van der Waals surface area contributed by atoms with Crippen molar-refractivity contribution in [2.45, 2.75) is 0 Å². The molecule has 0 saturated heterocycles. The lowest BCUT2D eigenvalue weighted by molar-refractivity contribution is -0.386. The molecule has 1 aromatic rings. The summed E-state index contributed by atoms with van der Waals surface area (Å²) in [5.41, 5.74) is -1.04. The zero-order chi connectivity index (χ0) is 12.1. The number of pyridine rings is 1. The molecule has 0 bridgehead atoms. The van der Waals surface area contributed by atoms with Crippen LogP contribution in [0.25, 0.3) is 6.08 Å². The molecule has 16 heavy (non-hydrogen) atoms. The Balaban J connectivity index is 3.04. The molecular weight excluding hydrogens is 216 g/mol. The first-order valence-corrected chi connectivity index (χ1v) is 4.17. The minimum absolute atomic E-state index is 0.330. The zero-order valence-electron chi connectivity index (χ0n) is 8.30. The number of aromatic amines is 1. The molecule has 0 spiro atoms. The monoisotopic (exact) mass is 224 g/mol. The maximum Gasteiger partial charge on any atom is 0.334 e. The van der Waals surface area contributed by atoms with Crippen molar-refractivity contribution in [1.29, 1.82) is 0 Å². The molecule has 0 aromatic carbocycles. The van der Waals surface area contributed by atoms with Gasteiger partial charge in [-0.1, -0.05) is 0 Å². The summed E-state index contributed by atoms with van der Waals surface area (Å²) in [5.74, 6) is -0.589. The number of rotatable bonds is 3. The molecule has 1 N–H and O–H groups in total. The Morgan fingerprint density at radius 1 is 1.62 bits per heavy atom. The van der Waals surface area contributed by atoms with Crippen LogP contribution in [0, 0.1) is 10.1 Å². The van der Waals surface area contributed by atoms with Crippen molar-refractivity contribution in [2.75, 3.05) is 7.11 Å². The highest BCUT2D eigenvalue weighted by Crippen LogP contribution is 2.07. The Labute approximate surface area is 89.5 Å². The molecule has 1 rings (SSSR count). The lowest BCUT2D eigenvalue weighted by atomic mass is 10.2. The third kappa shape index (κ3) is 2.77. The molecule has 84 valence electrons. The Hall–Kier alpha value is -2.44. The van der Waals surface area contributed by atoms with E-state index in [1.807, 2.05) is 0 Å². The molecule has 0 fully saturated rings. The fourth-order valence-electron chi connectivity index (χ4n) is 0.952. The number of esters is 1. The van der Waals surface area contributed by atoms with Crippen LogP contribution >= 0.6 is 0 Å². The minimum atomic E-state index is -0.797. The summed E-state index contributed by atoms with van der Waals surface area (Å²) in [7, 11) is 1.21. The third-order valence-corrected chi connectivity index (χ3v) is 1.72. The molecule has 0 aliphatic rings. The number of nitrogens with one attached hydrogen (secondary N) is 1. The maximum atomic E-state index is 11.0. The summed E-state index contributed by atoms with van der Waals surface area (Å²) in [5, 5.41) is 10.4. The molecule has 0 radical (unpaired) electrons. The van der Waals surface area contributed by atoms with Crippen molar-refractivity contribution in [1.82, 2.24) is 4.98 Å². The van der Waals surface area contributed by atoms with Crippen LogP contribution < -0.4 is 5.56 Å². The topological polar surface area (TPSA) is 102 Å². The van der Waals surface area contributed by atoms with Gasteiger partial charge in [0, 0.05) is 18.3 Å². The molecule has 0 unspecified atom stereocenters. The van der Waals surface area contributed by atoms with E-state index < -0.39 is 22.1 Å². The van der Waals surface area contributed by atoms with Gasteiger partial charge in [-0.3, -0.25) is 14.9 Å². The molecule has 1 aromatic heterocycles. The number of nitro groups is 1. The Morgan fingerprint density at radius 3 is 2.88 bits per heavy atom. The van der Waals surface area contributed by atoms with Crippen molar-refractivity contribution in [3.63, 3.8) is 0 Å². The van der Waals surface area contributed by atoms with Gasteiger partial charge in [0.2, 0.25) is 0 Å². The second-order valence-corrected chi connectivity index (χ2v) is 2.76. The summed E-state index contributed by atoms with van der Waals surface area (Å²) < 4.78 is 4.34. The fourth-order valence-corrected chi connectivity index (χ4v) is 0.952. The summed E-state index contributed by atoms with van der Waals surface area (Å²) in [6.45, 7) is 0. The SMILES string of the molecule is COC(=O)C=Cc1c[nH]c(=O)c([N+](=O)[O-])c1. The molecule has 1 heterocycles. The first-order chi connectivity index (χ1) is 7.54. The number of hydrogen-bond acceptors (Lipinski definition) is 5. The van der Waals surface area contributed by atoms with Crippen LogP contribution in [-0.4, -0.2) is 23.0 Å². The van der Waals surface area contributed by atoms with Gasteiger partial charge in [0.25, 0.3) is 0 Å². The van der Waals surface area contributed by atoms with Crippen molar-refractivity contribution >= 4 is 17.7 Å². The van der Waals surface area contributed by atoms with Gasteiger partial charge in [-0.05, 0) is 11.6 Å². The van der Waals surface area contributed by atoms with Gasteiger partial charge in [0.15, 0.2) is 0 Å². The minimum Gasteiger partial charge on any atom is -0.466 e. The van der Waals surface area contributed by atoms with E-state index in [0.29, 0.717) is 5.56 Å². The van der Waals surface area contributed by atoms with Gasteiger partial charge in [0.1, 0.15) is 0 Å². The van der Waals surface area contributed by atoms with Crippen molar-refractivity contribution in [3.8, 4) is 0 Å². The fraction of sp³-hybridized carbons (Fsp3) is 0.111. The van der Waals surface area contributed by atoms with E-state index in [1.165, 1.54) is 19.4 Å². The largest absolute Gasteiger partial charge is 0.466 e. The van der Waals surface area contributed by atoms with Crippen LogP contribution in [-0.2, 0) is 9.53 Å². The van der Waals surface area contributed by atoms with E-state index >= 15 is 0 Å². The van der Waals surface area contributed by atoms with Crippen molar-refractivity contribution in [2.24, 2.45) is 0 Å². The van der Waals surface area contributed by atoms with Gasteiger partial charge >= 0.3 is 17.2 Å². The second kappa shape index (κ2) is 4.87. The highest BCUT2D eigenvalue weighted by atomic mass is 16.6. The lowest BCUT2D eigenvalue weighted by Crippen LogP contribution is -2.10. The normalized spacial score (nSPS) is 10.3. The van der Waals surface area contributed by atoms with E-state index in [9.17, 15) is 19.7 Å². The van der Waals surface area contributed by atoms with Gasteiger partial charge in [-0.2, -0.15) is 0 Å². The number of H-pyrrole nitrogens is 1. The first kappa shape index (κ1) is 11.6. The van der Waals surface area contributed by atoms with Crippen LogP contribution in [0.5, 0.6) is 0 Å². The van der Waals surface area contributed by atoms with Crippen molar-refractivity contribution in [3.05, 3.63) is 44.4 Å². The molecule has 0 atom stereocenters. The van der Waals surface area contributed by atoms with E-state index in [-0.39, 0.29) is 0 Å². The van der Waals surface area contributed by atoms with Gasteiger partial charge in [0.05, 0.1) is 12.0 Å². The number of ether oxygens (including phenoxy) is 1. The summed E-state index contributed by atoms with van der Waals surface area (Å²) in [6, 6.07) is 1.07. The predicted molar refractivity (Wildman–Crippen MR) is 54.8 cm³/mol. The van der Waals surface area contributed by atoms with Crippen LogP contribution in [0.1, 0.15) is 5.56 Å².